The second kappa shape index (κ2) is 8.76. The Kier molecular flexibility index (Phi) is 6.17. The van der Waals surface area contributed by atoms with Gasteiger partial charge in [-0.25, -0.2) is 9.78 Å². The van der Waals surface area contributed by atoms with Crippen LogP contribution in [0.2, 0.25) is 0 Å². The fourth-order valence-electron chi connectivity index (χ4n) is 2.87. The molecule has 132 valence electrons. The summed E-state index contributed by atoms with van der Waals surface area (Å²) in [5, 5.41) is 2.44. The van der Waals surface area contributed by atoms with Crippen LogP contribution in [0.5, 0.6) is 0 Å². The number of esters is 1. The maximum Gasteiger partial charge on any atom is 0.358 e. The van der Waals surface area contributed by atoms with Crippen molar-refractivity contribution in [2.24, 2.45) is 0 Å². The molecule has 0 unspecified atom stereocenters. The van der Waals surface area contributed by atoms with Gasteiger partial charge in [-0.05, 0) is 12.8 Å². The van der Waals surface area contributed by atoms with Gasteiger partial charge in [0.25, 0.3) is 5.91 Å². The molecule has 0 N–H and O–H groups in total. The van der Waals surface area contributed by atoms with Crippen molar-refractivity contribution in [1.29, 1.82) is 0 Å². The molecule has 0 aliphatic carbocycles. The summed E-state index contributed by atoms with van der Waals surface area (Å²) in [6.07, 6.45) is 5.60. The van der Waals surface area contributed by atoms with Crippen LogP contribution in [0.4, 0.5) is 0 Å². The summed E-state index contributed by atoms with van der Waals surface area (Å²) in [6.45, 7) is 1.30. The van der Waals surface area contributed by atoms with Crippen molar-refractivity contribution < 1.29 is 14.3 Å². The van der Waals surface area contributed by atoms with Gasteiger partial charge in [-0.3, -0.25) is 4.79 Å². The monoisotopic (exact) mass is 358 g/mol. The highest BCUT2D eigenvalue weighted by Crippen LogP contribution is 2.23. The van der Waals surface area contributed by atoms with Crippen molar-refractivity contribution >= 4 is 23.2 Å². The maximum absolute atomic E-state index is 12.3. The third-order valence-corrected chi connectivity index (χ3v) is 5.16. The molecule has 0 bridgehead atoms. The normalized spacial score (nSPS) is 15.3. The number of ether oxygens (including phenoxy) is 1. The number of carbonyl (C=O) groups excluding carboxylic acids is 2. The molecule has 1 saturated heterocycles. The molecular formula is C19H22N2O3S. The Morgan fingerprint density at radius 3 is 2.44 bits per heavy atom. The molecule has 2 aromatic rings. The summed E-state index contributed by atoms with van der Waals surface area (Å²) in [5.41, 5.74) is 1.22. The van der Waals surface area contributed by atoms with Gasteiger partial charge in [-0.1, -0.05) is 49.6 Å². The Labute approximate surface area is 151 Å². The molecule has 3 rings (SSSR count). The fraction of sp³-hybridized carbons (Fsp3) is 0.421. The SMILES string of the molecule is O=C(OCC(=O)N1CCCCCCC1)c1csc(-c2ccccc2)n1. The smallest absolute Gasteiger partial charge is 0.358 e. The van der Waals surface area contributed by atoms with E-state index in [1.54, 1.807) is 5.38 Å². The van der Waals surface area contributed by atoms with Crippen LogP contribution in [0.3, 0.4) is 0 Å². The van der Waals surface area contributed by atoms with Crippen LogP contribution in [0, 0.1) is 0 Å². The van der Waals surface area contributed by atoms with E-state index in [2.05, 4.69) is 4.98 Å². The third kappa shape index (κ3) is 4.89. The lowest BCUT2D eigenvalue weighted by Gasteiger charge is -2.24. The number of benzene rings is 1. The molecule has 0 atom stereocenters. The van der Waals surface area contributed by atoms with Crippen LogP contribution in [-0.2, 0) is 9.53 Å². The Balaban J connectivity index is 1.54. The van der Waals surface area contributed by atoms with Crippen LogP contribution in [0.25, 0.3) is 10.6 Å². The predicted octanol–water partition coefficient (Wildman–Crippen LogP) is 3.76. The number of carbonyl (C=O) groups is 2. The highest BCUT2D eigenvalue weighted by Gasteiger charge is 2.19. The van der Waals surface area contributed by atoms with Gasteiger partial charge in [-0.2, -0.15) is 0 Å². The molecule has 1 aromatic carbocycles. The Morgan fingerprint density at radius 1 is 1.04 bits per heavy atom. The van der Waals surface area contributed by atoms with E-state index in [9.17, 15) is 9.59 Å². The van der Waals surface area contributed by atoms with E-state index in [1.165, 1.54) is 17.8 Å². The zero-order valence-electron chi connectivity index (χ0n) is 14.1. The molecule has 2 heterocycles. The fourth-order valence-corrected chi connectivity index (χ4v) is 3.67. The van der Waals surface area contributed by atoms with Crippen LogP contribution < -0.4 is 0 Å². The molecule has 5 nitrogen and oxygen atoms in total. The van der Waals surface area contributed by atoms with E-state index >= 15 is 0 Å². The highest BCUT2D eigenvalue weighted by atomic mass is 32.1. The predicted molar refractivity (Wildman–Crippen MR) is 97.5 cm³/mol. The molecule has 6 heteroatoms. The van der Waals surface area contributed by atoms with Crippen molar-refractivity contribution in [3.8, 4) is 10.6 Å². The molecule has 1 fully saturated rings. The van der Waals surface area contributed by atoms with E-state index in [0.29, 0.717) is 0 Å². The summed E-state index contributed by atoms with van der Waals surface area (Å²) in [5.74, 6) is -0.660. The minimum absolute atomic E-state index is 0.117. The zero-order chi connectivity index (χ0) is 17.5. The molecule has 1 aliphatic heterocycles. The van der Waals surface area contributed by atoms with E-state index < -0.39 is 5.97 Å². The van der Waals surface area contributed by atoms with Gasteiger partial charge in [-0.15, -0.1) is 11.3 Å². The number of aromatic nitrogens is 1. The lowest BCUT2D eigenvalue weighted by molar-refractivity contribution is -0.134. The molecular weight excluding hydrogens is 336 g/mol. The first-order valence-corrected chi connectivity index (χ1v) is 9.58. The van der Waals surface area contributed by atoms with Gasteiger partial charge >= 0.3 is 5.97 Å². The van der Waals surface area contributed by atoms with Gasteiger partial charge < -0.3 is 9.64 Å². The van der Waals surface area contributed by atoms with Gasteiger partial charge in [0, 0.05) is 24.0 Å². The second-order valence-corrected chi connectivity index (χ2v) is 6.99. The van der Waals surface area contributed by atoms with E-state index in [4.69, 9.17) is 4.74 Å². The number of nitrogens with zero attached hydrogens (tertiary/aromatic N) is 2. The Hall–Kier alpha value is -2.21. The van der Waals surface area contributed by atoms with Gasteiger partial charge in [0.2, 0.25) is 0 Å². The molecule has 0 saturated carbocycles. The molecule has 1 aliphatic rings. The number of rotatable bonds is 4. The van der Waals surface area contributed by atoms with Crippen molar-refractivity contribution in [2.45, 2.75) is 32.1 Å². The number of thiazole rings is 1. The largest absolute Gasteiger partial charge is 0.451 e. The summed E-state index contributed by atoms with van der Waals surface area (Å²) in [4.78, 5) is 30.5. The Morgan fingerprint density at radius 2 is 1.72 bits per heavy atom. The van der Waals surface area contributed by atoms with Crippen molar-refractivity contribution in [1.82, 2.24) is 9.88 Å². The molecule has 0 spiro atoms. The third-order valence-electron chi connectivity index (χ3n) is 4.27. The summed E-state index contributed by atoms with van der Waals surface area (Å²) in [7, 11) is 0. The molecule has 1 aromatic heterocycles. The number of hydrogen-bond acceptors (Lipinski definition) is 5. The Bertz CT molecular complexity index is 706. The summed E-state index contributed by atoms with van der Waals surface area (Å²) < 4.78 is 5.18. The topological polar surface area (TPSA) is 59.5 Å². The van der Waals surface area contributed by atoms with Gasteiger partial charge in [0.1, 0.15) is 5.01 Å². The first kappa shape index (κ1) is 17.6. The summed E-state index contributed by atoms with van der Waals surface area (Å²) >= 11 is 1.39. The first-order chi connectivity index (χ1) is 12.2. The average molecular weight is 358 g/mol. The number of amides is 1. The second-order valence-electron chi connectivity index (χ2n) is 6.13. The van der Waals surface area contributed by atoms with Gasteiger partial charge in [0.05, 0.1) is 0 Å². The standard InChI is InChI=1S/C19H22N2O3S/c22-17(21-11-7-2-1-3-8-12-21)13-24-19(23)16-14-25-18(20-16)15-9-5-4-6-10-15/h4-6,9-10,14H,1-3,7-8,11-13H2. The van der Waals surface area contributed by atoms with Crippen LogP contribution in [0.15, 0.2) is 35.7 Å². The van der Waals surface area contributed by atoms with Crippen molar-refractivity contribution in [3.63, 3.8) is 0 Å². The lowest BCUT2D eigenvalue weighted by Crippen LogP contribution is -2.36. The highest BCUT2D eigenvalue weighted by molar-refractivity contribution is 7.13. The average Bonchev–Trinajstić information content (AvgIpc) is 3.10. The quantitative estimate of drug-likeness (QED) is 0.781. The van der Waals surface area contributed by atoms with Crippen molar-refractivity contribution in [2.75, 3.05) is 19.7 Å². The minimum Gasteiger partial charge on any atom is -0.451 e. The number of hydrogen-bond donors (Lipinski definition) is 0. The van der Waals surface area contributed by atoms with Crippen LogP contribution in [0.1, 0.15) is 42.6 Å². The van der Waals surface area contributed by atoms with E-state index in [0.717, 1.165) is 49.3 Å². The van der Waals surface area contributed by atoms with Crippen LogP contribution in [-0.4, -0.2) is 41.5 Å². The number of likely N-dealkylation sites (tertiary alicyclic amines) is 1. The zero-order valence-corrected chi connectivity index (χ0v) is 15.0. The molecule has 0 radical (unpaired) electrons. The summed E-state index contributed by atoms with van der Waals surface area (Å²) in [6, 6.07) is 9.68. The van der Waals surface area contributed by atoms with Crippen LogP contribution >= 0.6 is 11.3 Å². The van der Waals surface area contributed by atoms with E-state index in [1.807, 2.05) is 35.2 Å². The van der Waals surface area contributed by atoms with E-state index in [-0.39, 0.29) is 18.2 Å². The lowest BCUT2D eigenvalue weighted by atomic mass is 10.1. The minimum atomic E-state index is -0.543. The first-order valence-electron chi connectivity index (χ1n) is 8.70. The molecule has 1 amide bonds. The maximum atomic E-state index is 12.3. The van der Waals surface area contributed by atoms with Crippen molar-refractivity contribution in [3.05, 3.63) is 41.4 Å². The molecule has 25 heavy (non-hydrogen) atoms. The van der Waals surface area contributed by atoms with Gasteiger partial charge in [0.15, 0.2) is 12.3 Å².